The highest BCUT2D eigenvalue weighted by molar-refractivity contribution is 5.96. The minimum absolute atomic E-state index is 0.0769. The number of benzene rings is 5. The molecule has 0 aliphatic heterocycles. The van der Waals surface area contributed by atoms with Crippen molar-refractivity contribution in [3.8, 4) is 68.0 Å². The molecule has 294 valence electrons. The number of nitrogens with two attached hydrogens (primary N) is 1. The minimum Gasteiger partial charge on any atom is -0.493 e. The number of carbonyl (C=O) groups is 1. The average molecular weight is 768 g/mol. The summed E-state index contributed by atoms with van der Waals surface area (Å²) in [5.41, 5.74) is 16.6. The monoisotopic (exact) mass is 767 g/mol. The maximum absolute atomic E-state index is 13.2. The van der Waals surface area contributed by atoms with Crippen molar-refractivity contribution in [2.75, 3.05) is 61.4 Å². The normalized spacial score (nSPS) is 11.6. The number of hydrogen-bond donors (Lipinski definition) is 1. The first-order chi connectivity index (χ1) is 28.0. The summed E-state index contributed by atoms with van der Waals surface area (Å²) in [6, 6.07) is 34.9. The van der Waals surface area contributed by atoms with E-state index in [9.17, 15) is 4.79 Å². The average Bonchev–Trinajstić information content (AvgIpc) is 3.82. The second-order valence-electron chi connectivity index (χ2n) is 13.8. The number of imidazole rings is 1. The fourth-order valence-corrected chi connectivity index (χ4v) is 7.41. The Labute approximate surface area is 334 Å². The fourth-order valence-electron chi connectivity index (χ4n) is 7.41. The van der Waals surface area contributed by atoms with Crippen molar-refractivity contribution in [2.24, 2.45) is 5.73 Å². The van der Waals surface area contributed by atoms with Gasteiger partial charge in [0.2, 0.25) is 0 Å². The number of ether oxygens (including phenoxy) is 6. The topological polar surface area (TPSA) is 116 Å². The maximum Gasteiger partial charge on any atom is 0.162 e. The van der Waals surface area contributed by atoms with Crippen molar-refractivity contribution < 1.29 is 33.2 Å². The van der Waals surface area contributed by atoms with Crippen LogP contribution in [0.4, 0.5) is 0 Å². The lowest BCUT2D eigenvalue weighted by molar-refractivity contribution is 0.0489. The van der Waals surface area contributed by atoms with Crippen molar-refractivity contribution in [1.29, 1.82) is 0 Å². The molecule has 1 aliphatic carbocycles. The van der Waals surface area contributed by atoms with E-state index in [1.54, 1.807) is 28.4 Å². The van der Waals surface area contributed by atoms with Gasteiger partial charge in [-0.2, -0.15) is 0 Å². The highest BCUT2D eigenvalue weighted by Gasteiger charge is 2.26. The Morgan fingerprint density at radius 1 is 0.649 bits per heavy atom. The number of methoxy groups -OCH3 is 4. The fraction of sp³-hybridized carbons (Fsp3) is 0.277. The molecule has 0 unspecified atom stereocenters. The summed E-state index contributed by atoms with van der Waals surface area (Å²) in [4.78, 5) is 18.6. The number of aromatic nitrogens is 2. The van der Waals surface area contributed by atoms with E-state index >= 15 is 0 Å². The van der Waals surface area contributed by atoms with Crippen LogP contribution in [0, 0.1) is 0 Å². The van der Waals surface area contributed by atoms with E-state index in [0.29, 0.717) is 80.9 Å². The molecule has 0 saturated carbocycles. The van der Waals surface area contributed by atoms with E-state index < -0.39 is 0 Å². The van der Waals surface area contributed by atoms with Gasteiger partial charge in [-0.05, 0) is 83.1 Å². The Bertz CT molecular complexity index is 2330. The number of nitrogens with zero attached hydrogens (tertiary/aromatic N) is 2. The molecule has 0 fully saturated rings. The lowest BCUT2D eigenvalue weighted by Gasteiger charge is -2.16. The van der Waals surface area contributed by atoms with Gasteiger partial charge in [0.25, 0.3) is 0 Å². The van der Waals surface area contributed by atoms with Crippen LogP contribution in [0.1, 0.15) is 39.9 Å². The zero-order chi connectivity index (χ0) is 39.7. The largest absolute Gasteiger partial charge is 0.493 e. The first-order valence-electron chi connectivity index (χ1n) is 19.2. The van der Waals surface area contributed by atoms with E-state index in [2.05, 4.69) is 47.0 Å². The molecular weight excluding hydrogens is 719 g/mol. The third-order valence-corrected chi connectivity index (χ3v) is 10.3. The lowest BCUT2D eigenvalue weighted by Crippen LogP contribution is -2.12. The maximum atomic E-state index is 13.2. The molecule has 0 spiro atoms. The van der Waals surface area contributed by atoms with Crippen molar-refractivity contribution >= 4 is 5.78 Å². The van der Waals surface area contributed by atoms with Gasteiger partial charge in [0, 0.05) is 48.4 Å². The molecule has 1 aliphatic rings. The van der Waals surface area contributed by atoms with Gasteiger partial charge < -0.3 is 38.7 Å². The molecular formula is C47H49N3O7. The zero-order valence-electron chi connectivity index (χ0n) is 33.0. The van der Waals surface area contributed by atoms with Crippen LogP contribution < -0.4 is 24.7 Å². The van der Waals surface area contributed by atoms with Crippen molar-refractivity contribution in [1.82, 2.24) is 9.55 Å². The number of ketones is 1. The Balaban J connectivity index is 1.30. The van der Waals surface area contributed by atoms with Crippen LogP contribution in [-0.2, 0) is 22.4 Å². The molecule has 5 aromatic carbocycles. The minimum atomic E-state index is 0.0769. The van der Waals surface area contributed by atoms with Crippen LogP contribution in [0.15, 0.2) is 103 Å². The third kappa shape index (κ3) is 8.58. The molecule has 0 amide bonds. The Morgan fingerprint density at radius 2 is 1.28 bits per heavy atom. The standard InChI is InChI=1S/C47H49N3O7/c1-52-41-19-17-35(28-43(41)54-3)45-46(36-18-20-42(53-2)44(29-36)55-4)50(47(49-45)37-16-15-34-26-33-8-5-6-9-38(33)39(34)27-37)30-31-11-13-32(14-12-31)40(51)10-7-22-56-24-25-57-23-21-48/h5-6,8-9,11-20,27-29H,7,10,21-26,30,48H2,1-4H3. The smallest absolute Gasteiger partial charge is 0.162 e. The van der Waals surface area contributed by atoms with E-state index in [4.69, 9.17) is 39.1 Å². The van der Waals surface area contributed by atoms with Crippen molar-refractivity contribution in [2.45, 2.75) is 25.8 Å². The first-order valence-corrected chi connectivity index (χ1v) is 19.2. The SMILES string of the molecule is COc1ccc(-c2nc(-c3ccc4c(c3)-c3ccccc3C4)n(Cc3ccc(C(=O)CCCOCCOCCN)cc3)c2-c2ccc(OC)c(OC)c2)cc1OC. The number of Topliss-reactive ketones (excluding diaryl/α,β-unsaturated/α-hetero) is 1. The van der Waals surface area contributed by atoms with Crippen molar-refractivity contribution in [3.05, 3.63) is 125 Å². The number of carbonyl (C=O) groups excluding carboxylic acids is 1. The number of rotatable bonds is 19. The Morgan fingerprint density at radius 3 is 1.98 bits per heavy atom. The third-order valence-electron chi connectivity index (χ3n) is 10.3. The predicted molar refractivity (Wildman–Crippen MR) is 223 cm³/mol. The van der Waals surface area contributed by atoms with Gasteiger partial charge in [-0.15, -0.1) is 0 Å². The summed E-state index contributed by atoms with van der Waals surface area (Å²) < 4.78 is 36.0. The Kier molecular flexibility index (Phi) is 12.6. The van der Waals surface area contributed by atoms with Gasteiger partial charge in [-0.3, -0.25) is 4.79 Å². The second kappa shape index (κ2) is 18.3. The summed E-state index contributed by atoms with van der Waals surface area (Å²) in [5, 5.41) is 0. The highest BCUT2D eigenvalue weighted by atomic mass is 16.5. The molecule has 1 heterocycles. The molecule has 10 heteroatoms. The van der Waals surface area contributed by atoms with Crippen LogP contribution >= 0.6 is 0 Å². The van der Waals surface area contributed by atoms with Crippen LogP contribution in [-0.4, -0.2) is 76.7 Å². The summed E-state index contributed by atoms with van der Waals surface area (Å²) in [7, 11) is 6.52. The van der Waals surface area contributed by atoms with E-state index in [1.807, 2.05) is 60.7 Å². The van der Waals surface area contributed by atoms with Crippen LogP contribution in [0.2, 0.25) is 0 Å². The predicted octanol–water partition coefficient (Wildman–Crippen LogP) is 8.49. The van der Waals surface area contributed by atoms with Gasteiger partial charge in [0.1, 0.15) is 5.82 Å². The van der Waals surface area contributed by atoms with Crippen molar-refractivity contribution in [3.63, 3.8) is 0 Å². The first kappa shape index (κ1) is 39.3. The van der Waals surface area contributed by atoms with E-state index in [1.165, 1.54) is 22.3 Å². The van der Waals surface area contributed by atoms with Crippen LogP contribution in [0.3, 0.4) is 0 Å². The van der Waals surface area contributed by atoms with E-state index in [-0.39, 0.29) is 5.78 Å². The highest BCUT2D eigenvalue weighted by Crippen LogP contribution is 2.44. The summed E-state index contributed by atoms with van der Waals surface area (Å²) in [5.74, 6) is 3.33. The molecule has 57 heavy (non-hydrogen) atoms. The molecule has 0 atom stereocenters. The zero-order valence-corrected chi connectivity index (χ0v) is 33.0. The molecule has 10 nitrogen and oxygen atoms in total. The molecule has 6 aromatic rings. The number of fused-ring (bicyclic) bond motifs is 3. The Hall–Kier alpha value is -5.94. The quantitative estimate of drug-likeness (QED) is 0.0639. The van der Waals surface area contributed by atoms with E-state index in [0.717, 1.165) is 45.9 Å². The summed E-state index contributed by atoms with van der Waals surface area (Å²) in [6.07, 6.45) is 1.93. The molecule has 0 radical (unpaired) electrons. The molecule has 7 rings (SSSR count). The van der Waals surface area contributed by atoms with Gasteiger partial charge in [0.15, 0.2) is 28.8 Å². The molecule has 0 saturated heterocycles. The van der Waals surface area contributed by atoms with Gasteiger partial charge >= 0.3 is 0 Å². The molecule has 0 bridgehead atoms. The van der Waals surface area contributed by atoms with Crippen LogP contribution in [0.5, 0.6) is 23.0 Å². The second-order valence-corrected chi connectivity index (χ2v) is 13.8. The summed E-state index contributed by atoms with van der Waals surface area (Å²) >= 11 is 0. The molecule has 2 N–H and O–H groups in total. The summed E-state index contributed by atoms with van der Waals surface area (Å²) in [6.45, 7) is 2.95. The van der Waals surface area contributed by atoms with Gasteiger partial charge in [-0.1, -0.05) is 60.7 Å². The van der Waals surface area contributed by atoms with Gasteiger partial charge in [0.05, 0.1) is 59.6 Å². The van der Waals surface area contributed by atoms with Crippen LogP contribution in [0.25, 0.3) is 45.0 Å². The lowest BCUT2D eigenvalue weighted by atomic mass is 10.0. The number of hydrogen-bond acceptors (Lipinski definition) is 9. The molecule has 1 aromatic heterocycles. The van der Waals surface area contributed by atoms with Gasteiger partial charge in [-0.25, -0.2) is 4.98 Å².